The van der Waals surface area contributed by atoms with Crippen molar-refractivity contribution in [2.24, 2.45) is 0 Å². The number of aromatic nitrogens is 1. The van der Waals surface area contributed by atoms with E-state index in [1.54, 1.807) is 6.07 Å². The minimum Gasteiger partial charge on any atom is -0.380 e. The van der Waals surface area contributed by atoms with Crippen molar-refractivity contribution in [3.63, 3.8) is 0 Å². The van der Waals surface area contributed by atoms with E-state index < -0.39 is 5.82 Å². The van der Waals surface area contributed by atoms with Crippen LogP contribution in [0.4, 0.5) is 10.2 Å². The van der Waals surface area contributed by atoms with Gasteiger partial charge in [-0.2, -0.15) is 0 Å². The van der Waals surface area contributed by atoms with Crippen molar-refractivity contribution in [1.82, 2.24) is 5.16 Å². The highest BCUT2D eigenvalue weighted by Gasteiger charge is 2.20. The molecular weight excluding hydrogens is 359 g/mol. The molecule has 0 bridgehead atoms. The van der Waals surface area contributed by atoms with E-state index >= 15 is 0 Å². The molecule has 106 valence electrons. The first-order chi connectivity index (χ1) is 10.1. The Bertz CT molecular complexity index is 819. The van der Waals surface area contributed by atoms with Gasteiger partial charge in [0.15, 0.2) is 11.6 Å². The molecule has 2 N–H and O–H groups in total. The fraction of sp³-hybridized carbons (Fsp3) is 0. The zero-order valence-electron chi connectivity index (χ0n) is 10.6. The molecule has 0 spiro atoms. The monoisotopic (exact) mass is 366 g/mol. The summed E-state index contributed by atoms with van der Waals surface area (Å²) in [6.45, 7) is 0. The van der Waals surface area contributed by atoms with E-state index in [1.165, 1.54) is 12.1 Å². The normalized spacial score (nSPS) is 10.8. The molecule has 0 aliphatic rings. The second kappa shape index (κ2) is 5.50. The molecule has 2 aromatic carbocycles. The largest absolute Gasteiger partial charge is 0.380 e. The topological polar surface area (TPSA) is 52.0 Å². The quantitative estimate of drug-likeness (QED) is 0.682. The van der Waals surface area contributed by atoms with Gasteiger partial charge in [0, 0.05) is 15.6 Å². The zero-order valence-corrected chi connectivity index (χ0v) is 13.0. The third-order valence-corrected chi connectivity index (χ3v) is 3.81. The number of halogens is 3. The molecule has 0 atom stereocenters. The van der Waals surface area contributed by atoms with Crippen molar-refractivity contribution in [2.75, 3.05) is 5.73 Å². The standard InChI is InChI=1S/C15H9BrClFN2O/c16-9-3-1-2-8(6-9)14-13(15(19)20-21-14)11-5-4-10(18)7-12(11)17/h1-7H,(H2,19,20). The Morgan fingerprint density at radius 1 is 1.19 bits per heavy atom. The van der Waals surface area contributed by atoms with Gasteiger partial charge in [-0.1, -0.05) is 44.8 Å². The maximum absolute atomic E-state index is 13.2. The molecule has 21 heavy (non-hydrogen) atoms. The van der Waals surface area contributed by atoms with E-state index in [4.69, 9.17) is 21.9 Å². The lowest BCUT2D eigenvalue weighted by Gasteiger charge is -2.05. The lowest BCUT2D eigenvalue weighted by molar-refractivity contribution is 0.436. The Kier molecular flexibility index (Phi) is 3.69. The number of nitrogens with two attached hydrogens (primary N) is 1. The lowest BCUT2D eigenvalue weighted by Crippen LogP contribution is -1.90. The van der Waals surface area contributed by atoms with Gasteiger partial charge in [-0.15, -0.1) is 0 Å². The number of anilines is 1. The predicted octanol–water partition coefficient (Wildman–Crippen LogP) is 5.15. The van der Waals surface area contributed by atoms with Gasteiger partial charge in [0.1, 0.15) is 5.82 Å². The van der Waals surface area contributed by atoms with Crippen molar-refractivity contribution in [3.8, 4) is 22.5 Å². The summed E-state index contributed by atoms with van der Waals surface area (Å²) in [7, 11) is 0. The molecule has 3 nitrogen and oxygen atoms in total. The van der Waals surface area contributed by atoms with Crippen LogP contribution in [-0.2, 0) is 0 Å². The average Bonchev–Trinajstić information content (AvgIpc) is 2.81. The summed E-state index contributed by atoms with van der Waals surface area (Å²) in [6.07, 6.45) is 0. The summed E-state index contributed by atoms with van der Waals surface area (Å²) < 4.78 is 19.4. The molecule has 1 aromatic heterocycles. The molecule has 3 rings (SSSR count). The highest BCUT2D eigenvalue weighted by atomic mass is 79.9. The van der Waals surface area contributed by atoms with E-state index in [9.17, 15) is 4.39 Å². The van der Waals surface area contributed by atoms with Crippen LogP contribution in [0.5, 0.6) is 0 Å². The molecule has 0 unspecified atom stereocenters. The molecule has 0 saturated carbocycles. The molecule has 0 saturated heterocycles. The first kappa shape index (κ1) is 14.1. The Morgan fingerprint density at radius 2 is 2.00 bits per heavy atom. The number of nitrogen functional groups attached to an aromatic ring is 1. The van der Waals surface area contributed by atoms with Crippen molar-refractivity contribution < 1.29 is 8.91 Å². The van der Waals surface area contributed by atoms with Crippen molar-refractivity contribution in [3.05, 3.63) is 57.8 Å². The summed E-state index contributed by atoms with van der Waals surface area (Å²) in [6, 6.07) is 11.6. The maximum atomic E-state index is 13.2. The summed E-state index contributed by atoms with van der Waals surface area (Å²) in [4.78, 5) is 0. The molecule has 0 aliphatic carbocycles. The van der Waals surface area contributed by atoms with Crippen LogP contribution in [0.3, 0.4) is 0 Å². The van der Waals surface area contributed by atoms with Gasteiger partial charge in [0.2, 0.25) is 0 Å². The van der Waals surface area contributed by atoms with Crippen LogP contribution in [0, 0.1) is 5.82 Å². The second-order valence-corrected chi connectivity index (χ2v) is 5.73. The Balaban J connectivity index is 2.22. The van der Waals surface area contributed by atoms with Gasteiger partial charge in [-0.25, -0.2) is 4.39 Å². The van der Waals surface area contributed by atoms with Crippen LogP contribution >= 0.6 is 27.5 Å². The van der Waals surface area contributed by atoms with Crippen LogP contribution in [0.25, 0.3) is 22.5 Å². The van der Waals surface area contributed by atoms with Crippen LogP contribution < -0.4 is 5.73 Å². The van der Waals surface area contributed by atoms with E-state index in [0.717, 1.165) is 10.0 Å². The fourth-order valence-corrected chi connectivity index (χ4v) is 2.74. The lowest BCUT2D eigenvalue weighted by atomic mass is 10.0. The first-order valence-electron chi connectivity index (χ1n) is 6.03. The molecule has 3 aromatic rings. The molecule has 0 fully saturated rings. The van der Waals surface area contributed by atoms with E-state index in [1.807, 2.05) is 24.3 Å². The first-order valence-corrected chi connectivity index (χ1v) is 7.20. The number of hydrogen-bond acceptors (Lipinski definition) is 3. The molecule has 0 radical (unpaired) electrons. The van der Waals surface area contributed by atoms with Crippen molar-refractivity contribution >= 4 is 33.3 Å². The van der Waals surface area contributed by atoms with E-state index in [0.29, 0.717) is 16.9 Å². The Hall–Kier alpha value is -1.85. The van der Waals surface area contributed by atoms with Gasteiger partial charge in [0.25, 0.3) is 0 Å². The molecule has 6 heteroatoms. The van der Waals surface area contributed by atoms with Crippen molar-refractivity contribution in [1.29, 1.82) is 0 Å². The van der Waals surface area contributed by atoms with Gasteiger partial charge in [0.05, 0.1) is 10.6 Å². The third kappa shape index (κ3) is 2.66. The summed E-state index contributed by atoms with van der Waals surface area (Å²) >= 11 is 9.51. The molecule has 1 heterocycles. The van der Waals surface area contributed by atoms with Gasteiger partial charge in [-0.05, 0) is 30.3 Å². The highest BCUT2D eigenvalue weighted by molar-refractivity contribution is 9.10. The highest BCUT2D eigenvalue weighted by Crippen LogP contribution is 2.40. The van der Waals surface area contributed by atoms with Gasteiger partial charge >= 0.3 is 0 Å². The Morgan fingerprint density at radius 3 is 2.71 bits per heavy atom. The Labute approximate surface area is 133 Å². The number of benzene rings is 2. The minimum absolute atomic E-state index is 0.207. The second-order valence-electron chi connectivity index (χ2n) is 4.41. The molecule has 0 aliphatic heterocycles. The van der Waals surface area contributed by atoms with Crippen LogP contribution in [0.2, 0.25) is 5.02 Å². The smallest absolute Gasteiger partial charge is 0.177 e. The number of hydrogen-bond donors (Lipinski definition) is 1. The SMILES string of the molecule is Nc1noc(-c2cccc(Br)c2)c1-c1ccc(F)cc1Cl. The fourth-order valence-electron chi connectivity index (χ4n) is 2.08. The molecular formula is C15H9BrClFN2O. The van der Waals surface area contributed by atoms with Crippen LogP contribution in [0.15, 0.2) is 51.5 Å². The number of nitrogens with zero attached hydrogens (tertiary/aromatic N) is 1. The minimum atomic E-state index is -0.414. The van der Waals surface area contributed by atoms with Crippen LogP contribution in [0.1, 0.15) is 0 Å². The average molecular weight is 368 g/mol. The summed E-state index contributed by atoms with van der Waals surface area (Å²) in [5.74, 6) is 0.281. The number of rotatable bonds is 2. The summed E-state index contributed by atoms with van der Waals surface area (Å²) in [5.41, 5.74) is 7.81. The van der Waals surface area contributed by atoms with Gasteiger partial charge < -0.3 is 10.3 Å². The van der Waals surface area contributed by atoms with E-state index in [-0.39, 0.29) is 10.8 Å². The van der Waals surface area contributed by atoms with Crippen LogP contribution in [-0.4, -0.2) is 5.16 Å². The maximum Gasteiger partial charge on any atom is 0.177 e. The molecule has 0 amide bonds. The van der Waals surface area contributed by atoms with Crippen molar-refractivity contribution in [2.45, 2.75) is 0 Å². The summed E-state index contributed by atoms with van der Waals surface area (Å²) in [5, 5.41) is 4.05. The predicted molar refractivity (Wildman–Crippen MR) is 84.5 cm³/mol. The van der Waals surface area contributed by atoms with E-state index in [2.05, 4.69) is 21.1 Å². The third-order valence-electron chi connectivity index (χ3n) is 3.01. The zero-order chi connectivity index (χ0) is 15.0. The van der Waals surface area contributed by atoms with Gasteiger partial charge in [-0.3, -0.25) is 0 Å².